The van der Waals surface area contributed by atoms with Crippen molar-refractivity contribution in [1.29, 1.82) is 0 Å². The molecule has 0 radical (unpaired) electrons. The fourth-order valence-corrected chi connectivity index (χ4v) is 3.84. The zero-order valence-corrected chi connectivity index (χ0v) is 21.4. The van der Waals surface area contributed by atoms with E-state index in [1.807, 2.05) is 39.0 Å². The summed E-state index contributed by atoms with van der Waals surface area (Å²) in [6.45, 7) is 12.1. The summed E-state index contributed by atoms with van der Waals surface area (Å²) in [6.07, 6.45) is 3.37. The van der Waals surface area contributed by atoms with E-state index >= 15 is 0 Å². The molecule has 2 atom stereocenters. The summed E-state index contributed by atoms with van der Waals surface area (Å²) >= 11 is 0. The number of carbonyl (C=O) groups is 1. The highest BCUT2D eigenvalue weighted by Gasteiger charge is 2.34. The van der Waals surface area contributed by atoms with Crippen molar-refractivity contribution >= 4 is 17.2 Å². The van der Waals surface area contributed by atoms with Gasteiger partial charge in [0.2, 0.25) is 0 Å². The maximum absolute atomic E-state index is 13.6. The predicted molar refractivity (Wildman–Crippen MR) is 135 cm³/mol. The third-order valence-corrected chi connectivity index (χ3v) is 5.96. The number of alkyl halides is 3. The molecular weight excluding hydrogens is 455 g/mol. The Kier molecular flexibility index (Phi) is 10.3. The molecule has 0 bridgehead atoms. The fraction of sp³-hybridized carbons (Fsp3) is 0.481. The molecule has 0 amide bonds. The van der Waals surface area contributed by atoms with Crippen molar-refractivity contribution in [3.05, 3.63) is 59.3 Å². The largest absolute Gasteiger partial charge is 0.496 e. The molecule has 35 heavy (non-hydrogen) atoms. The normalized spacial score (nSPS) is 19.3. The molecule has 1 aromatic carbocycles. The molecule has 0 aromatic heterocycles. The van der Waals surface area contributed by atoms with Crippen molar-refractivity contribution in [3.8, 4) is 5.75 Å². The molecule has 1 aliphatic rings. The molecule has 5 nitrogen and oxygen atoms in total. The molecule has 192 valence electrons. The van der Waals surface area contributed by atoms with Crippen LogP contribution in [-0.2, 0) is 11.0 Å². The average molecular weight is 492 g/mol. The number of rotatable bonds is 9. The number of hydrogen-bond acceptors (Lipinski definition) is 5. The van der Waals surface area contributed by atoms with Gasteiger partial charge >= 0.3 is 6.18 Å². The van der Waals surface area contributed by atoms with E-state index in [0.29, 0.717) is 11.8 Å². The number of aliphatic imine (C=N–C) groups is 1. The van der Waals surface area contributed by atoms with E-state index in [4.69, 9.17) is 9.73 Å². The van der Waals surface area contributed by atoms with Gasteiger partial charge in [0.1, 0.15) is 5.75 Å². The number of ketones is 1. The Morgan fingerprint density at radius 2 is 2.06 bits per heavy atom. The van der Waals surface area contributed by atoms with Crippen LogP contribution in [-0.4, -0.2) is 49.2 Å². The Morgan fingerprint density at radius 1 is 1.34 bits per heavy atom. The van der Waals surface area contributed by atoms with Gasteiger partial charge < -0.3 is 15.0 Å². The standard InChI is InChI=1S/C27H36F3N3O2/c1-7-18(3)24(11-10-22(8-2)33-14-13-31-19(4)17-33)32-25(15-20(5)34)21-9-12-26(35-6)23(16-21)27(28,29)30/h8-12,15-16,18-19,31H,7,13-14,17H2,1-6H3/b11-10-,22-8+,25-15-,32-24-/t18?,19-/m0/s1. The van der Waals surface area contributed by atoms with Crippen molar-refractivity contribution in [1.82, 2.24) is 10.2 Å². The number of benzene rings is 1. The van der Waals surface area contributed by atoms with Crippen LogP contribution in [0.3, 0.4) is 0 Å². The van der Waals surface area contributed by atoms with Gasteiger partial charge in [0.25, 0.3) is 0 Å². The molecule has 1 N–H and O–H groups in total. The van der Waals surface area contributed by atoms with Gasteiger partial charge in [-0.2, -0.15) is 13.2 Å². The summed E-state index contributed by atoms with van der Waals surface area (Å²) in [5, 5.41) is 3.42. The lowest BCUT2D eigenvalue weighted by molar-refractivity contribution is -0.138. The summed E-state index contributed by atoms with van der Waals surface area (Å²) in [5.41, 5.74) is 1.21. The number of methoxy groups -OCH3 is 1. The Morgan fingerprint density at radius 3 is 2.60 bits per heavy atom. The minimum absolute atomic E-state index is 0.0296. The van der Waals surface area contributed by atoms with Crippen LogP contribution < -0.4 is 10.1 Å². The van der Waals surface area contributed by atoms with Gasteiger partial charge in [-0.1, -0.05) is 19.9 Å². The van der Waals surface area contributed by atoms with Crippen LogP contribution in [0.15, 0.2) is 53.2 Å². The maximum Gasteiger partial charge on any atom is 0.419 e. The molecule has 0 saturated carbocycles. The Labute approximate surface area is 206 Å². The van der Waals surface area contributed by atoms with Crippen LogP contribution in [0, 0.1) is 5.92 Å². The lowest BCUT2D eigenvalue weighted by atomic mass is 10.0. The molecule has 1 aromatic rings. The van der Waals surface area contributed by atoms with Crippen LogP contribution in [0.1, 0.15) is 52.2 Å². The smallest absolute Gasteiger partial charge is 0.419 e. The zero-order chi connectivity index (χ0) is 26.2. The van der Waals surface area contributed by atoms with Gasteiger partial charge in [-0.15, -0.1) is 0 Å². The van der Waals surface area contributed by atoms with Gasteiger partial charge in [0.05, 0.1) is 18.4 Å². The lowest BCUT2D eigenvalue weighted by Crippen LogP contribution is -2.48. The maximum atomic E-state index is 13.6. The second kappa shape index (κ2) is 12.7. The van der Waals surface area contributed by atoms with Crippen molar-refractivity contribution in [2.45, 2.75) is 53.3 Å². The third kappa shape index (κ3) is 8.09. The molecule has 1 fully saturated rings. The Hall–Kier alpha value is -2.87. The van der Waals surface area contributed by atoms with Crippen LogP contribution in [0.25, 0.3) is 5.70 Å². The van der Waals surface area contributed by atoms with E-state index in [2.05, 4.69) is 17.1 Å². The van der Waals surface area contributed by atoms with Crippen LogP contribution in [0.5, 0.6) is 5.75 Å². The van der Waals surface area contributed by atoms with Crippen LogP contribution in [0.4, 0.5) is 13.2 Å². The van der Waals surface area contributed by atoms with E-state index in [0.717, 1.165) is 37.8 Å². The molecule has 1 aliphatic heterocycles. The summed E-state index contributed by atoms with van der Waals surface area (Å²) in [5.74, 6) is -0.552. The quantitative estimate of drug-likeness (QED) is 0.266. The van der Waals surface area contributed by atoms with E-state index in [1.54, 1.807) is 0 Å². The second-order valence-electron chi connectivity index (χ2n) is 8.75. The highest BCUT2D eigenvalue weighted by Crippen LogP contribution is 2.38. The van der Waals surface area contributed by atoms with Gasteiger partial charge in [0, 0.05) is 48.7 Å². The average Bonchev–Trinajstić information content (AvgIpc) is 2.81. The number of nitrogens with zero attached hydrogens (tertiary/aromatic N) is 2. The molecule has 0 spiro atoms. The zero-order valence-electron chi connectivity index (χ0n) is 21.4. The SMILES string of the molecule is C\C=C(/C=C\C(=N\C(=C/C(C)=O)c1ccc(OC)c(C(F)(F)F)c1)C(C)CC)N1CCN[C@@H](C)C1. The first-order valence-corrected chi connectivity index (χ1v) is 11.9. The molecule has 1 heterocycles. The molecule has 0 aliphatic carbocycles. The minimum atomic E-state index is -4.60. The van der Waals surface area contributed by atoms with Gasteiger partial charge in [-0.3, -0.25) is 9.79 Å². The van der Waals surface area contributed by atoms with Crippen molar-refractivity contribution in [2.24, 2.45) is 10.9 Å². The third-order valence-electron chi connectivity index (χ3n) is 5.96. The first-order valence-electron chi connectivity index (χ1n) is 11.9. The molecule has 2 rings (SSSR count). The summed E-state index contributed by atoms with van der Waals surface area (Å²) < 4.78 is 45.7. The molecule has 1 unspecified atom stereocenters. The lowest BCUT2D eigenvalue weighted by Gasteiger charge is -2.34. The van der Waals surface area contributed by atoms with E-state index in [9.17, 15) is 18.0 Å². The Bertz CT molecular complexity index is 1010. The van der Waals surface area contributed by atoms with E-state index in [1.165, 1.54) is 32.2 Å². The summed E-state index contributed by atoms with van der Waals surface area (Å²) in [4.78, 5) is 19.0. The molecule has 8 heteroatoms. The monoisotopic (exact) mass is 491 g/mol. The van der Waals surface area contributed by atoms with Crippen molar-refractivity contribution in [2.75, 3.05) is 26.7 Å². The minimum Gasteiger partial charge on any atom is -0.496 e. The van der Waals surface area contributed by atoms with E-state index < -0.39 is 11.7 Å². The predicted octanol–water partition coefficient (Wildman–Crippen LogP) is 5.88. The highest BCUT2D eigenvalue weighted by molar-refractivity contribution is 6.03. The second-order valence-corrected chi connectivity index (χ2v) is 8.75. The first-order chi connectivity index (χ1) is 16.5. The van der Waals surface area contributed by atoms with Crippen molar-refractivity contribution < 1.29 is 22.7 Å². The topological polar surface area (TPSA) is 53.9 Å². The fourth-order valence-electron chi connectivity index (χ4n) is 3.84. The van der Waals surface area contributed by atoms with Crippen LogP contribution >= 0.6 is 0 Å². The van der Waals surface area contributed by atoms with Gasteiger partial charge in [0.15, 0.2) is 5.78 Å². The Balaban J connectivity index is 2.53. The van der Waals surface area contributed by atoms with Gasteiger partial charge in [-0.05, 0) is 63.5 Å². The first kappa shape index (κ1) is 28.4. The van der Waals surface area contributed by atoms with Gasteiger partial charge in [-0.25, -0.2) is 0 Å². The number of piperazine rings is 1. The van der Waals surface area contributed by atoms with E-state index in [-0.39, 0.29) is 28.7 Å². The number of allylic oxidation sites excluding steroid dienone is 4. The number of carbonyl (C=O) groups excluding carboxylic acids is 1. The summed E-state index contributed by atoms with van der Waals surface area (Å²) in [6, 6.07) is 4.10. The number of ether oxygens (including phenoxy) is 1. The number of nitrogens with one attached hydrogen (secondary N) is 1. The summed E-state index contributed by atoms with van der Waals surface area (Å²) in [7, 11) is 1.19. The van der Waals surface area contributed by atoms with Crippen molar-refractivity contribution in [3.63, 3.8) is 0 Å². The molecular formula is C27H36F3N3O2. The van der Waals surface area contributed by atoms with Crippen LogP contribution in [0.2, 0.25) is 0 Å². The highest BCUT2D eigenvalue weighted by atomic mass is 19.4. The number of hydrogen-bond donors (Lipinski definition) is 1. The number of halogens is 3. The molecule has 1 saturated heterocycles.